The molecule has 0 bridgehead atoms. The maximum atomic E-state index is 12.9. The first-order valence-corrected chi connectivity index (χ1v) is 11.6. The summed E-state index contributed by atoms with van der Waals surface area (Å²) in [6.45, 7) is 4.17. The average molecular weight is 490 g/mol. The van der Waals surface area contributed by atoms with Crippen molar-refractivity contribution in [1.29, 1.82) is 5.26 Å². The SMILES string of the molecule is Cn1c(N2CCN(CCCOc3ccc(C#N)cc3C(=O)c3ncccn3)CC2)cc(=O)n(C)c1=O. The molecule has 11 heteroatoms. The topological polar surface area (TPSA) is 126 Å². The van der Waals surface area contributed by atoms with Gasteiger partial charge in [-0.3, -0.25) is 23.6 Å². The van der Waals surface area contributed by atoms with Crippen molar-refractivity contribution in [3.05, 3.63) is 80.5 Å². The molecule has 0 amide bonds. The molecule has 1 aromatic carbocycles. The predicted molar refractivity (Wildman–Crippen MR) is 132 cm³/mol. The van der Waals surface area contributed by atoms with Gasteiger partial charge in [0, 0.05) is 65.3 Å². The maximum absolute atomic E-state index is 12.9. The lowest BCUT2D eigenvalue weighted by Crippen LogP contribution is -2.49. The number of nitrogens with zero attached hydrogens (tertiary/aromatic N) is 7. The minimum atomic E-state index is -0.399. The first-order valence-electron chi connectivity index (χ1n) is 11.6. The Bertz CT molecular complexity index is 1400. The number of anilines is 1. The van der Waals surface area contributed by atoms with Crippen molar-refractivity contribution in [2.24, 2.45) is 14.1 Å². The third-order valence-electron chi connectivity index (χ3n) is 6.20. The Morgan fingerprint density at radius 2 is 1.78 bits per heavy atom. The molecule has 0 unspecified atom stereocenters. The Labute approximate surface area is 207 Å². The number of nitriles is 1. The summed E-state index contributed by atoms with van der Waals surface area (Å²) in [5.74, 6) is 0.669. The number of benzene rings is 1. The Morgan fingerprint density at radius 1 is 1.06 bits per heavy atom. The Kier molecular flexibility index (Phi) is 7.56. The van der Waals surface area contributed by atoms with E-state index >= 15 is 0 Å². The van der Waals surface area contributed by atoms with Gasteiger partial charge in [0.2, 0.25) is 11.6 Å². The van der Waals surface area contributed by atoms with Crippen molar-refractivity contribution in [3.63, 3.8) is 0 Å². The fraction of sp³-hybridized carbons (Fsp3) is 0.360. The number of carbonyl (C=O) groups excluding carboxylic acids is 1. The van der Waals surface area contributed by atoms with Crippen LogP contribution in [0, 0.1) is 11.3 Å². The monoisotopic (exact) mass is 489 g/mol. The van der Waals surface area contributed by atoms with E-state index in [0.29, 0.717) is 36.8 Å². The van der Waals surface area contributed by atoms with E-state index < -0.39 is 5.78 Å². The zero-order valence-corrected chi connectivity index (χ0v) is 20.3. The first-order chi connectivity index (χ1) is 17.4. The van der Waals surface area contributed by atoms with Gasteiger partial charge in [-0.05, 0) is 30.7 Å². The highest BCUT2D eigenvalue weighted by Crippen LogP contribution is 2.23. The summed E-state index contributed by atoms with van der Waals surface area (Å²) in [6, 6.07) is 9.91. The molecule has 3 heterocycles. The van der Waals surface area contributed by atoms with Gasteiger partial charge in [-0.15, -0.1) is 0 Å². The van der Waals surface area contributed by atoms with E-state index in [1.165, 1.54) is 36.1 Å². The molecule has 4 rings (SSSR count). The van der Waals surface area contributed by atoms with Crippen LogP contribution in [0.15, 0.2) is 52.3 Å². The summed E-state index contributed by atoms with van der Waals surface area (Å²) in [4.78, 5) is 49.5. The highest BCUT2D eigenvalue weighted by atomic mass is 16.5. The van der Waals surface area contributed by atoms with Crippen LogP contribution in [0.3, 0.4) is 0 Å². The molecule has 0 N–H and O–H groups in total. The van der Waals surface area contributed by atoms with Crippen molar-refractivity contribution in [2.45, 2.75) is 6.42 Å². The van der Waals surface area contributed by atoms with Crippen LogP contribution in [-0.4, -0.2) is 69.1 Å². The van der Waals surface area contributed by atoms with Gasteiger partial charge in [0.05, 0.1) is 23.8 Å². The van der Waals surface area contributed by atoms with Crippen molar-refractivity contribution in [1.82, 2.24) is 24.0 Å². The van der Waals surface area contributed by atoms with Gasteiger partial charge in [-0.25, -0.2) is 14.8 Å². The fourth-order valence-electron chi connectivity index (χ4n) is 4.14. The van der Waals surface area contributed by atoms with Gasteiger partial charge < -0.3 is 9.64 Å². The number of piperazine rings is 1. The highest BCUT2D eigenvalue weighted by molar-refractivity contribution is 6.08. The Morgan fingerprint density at radius 3 is 2.47 bits per heavy atom. The predicted octanol–water partition coefficient (Wildman–Crippen LogP) is 0.568. The molecule has 0 atom stereocenters. The number of aromatic nitrogens is 4. The summed E-state index contributed by atoms with van der Waals surface area (Å²) in [7, 11) is 3.15. The van der Waals surface area contributed by atoms with Crippen LogP contribution in [0.2, 0.25) is 0 Å². The number of hydrogen-bond donors (Lipinski definition) is 0. The smallest absolute Gasteiger partial charge is 0.332 e. The van der Waals surface area contributed by atoms with Gasteiger partial charge in [0.15, 0.2) is 0 Å². The molecule has 2 aromatic heterocycles. The van der Waals surface area contributed by atoms with Crippen LogP contribution in [0.5, 0.6) is 5.75 Å². The second kappa shape index (κ2) is 11.0. The van der Waals surface area contributed by atoms with Crippen LogP contribution in [0.25, 0.3) is 0 Å². The molecule has 3 aromatic rings. The average Bonchev–Trinajstić information content (AvgIpc) is 2.92. The minimum absolute atomic E-state index is 0.0454. The maximum Gasteiger partial charge on any atom is 0.332 e. The van der Waals surface area contributed by atoms with Gasteiger partial charge in [-0.1, -0.05) is 0 Å². The van der Waals surface area contributed by atoms with E-state index in [1.807, 2.05) is 6.07 Å². The summed E-state index contributed by atoms with van der Waals surface area (Å²) < 4.78 is 8.51. The van der Waals surface area contributed by atoms with Gasteiger partial charge >= 0.3 is 5.69 Å². The summed E-state index contributed by atoms with van der Waals surface area (Å²) in [6.07, 6.45) is 3.72. The number of rotatable bonds is 8. The lowest BCUT2D eigenvalue weighted by atomic mass is 10.1. The zero-order valence-electron chi connectivity index (χ0n) is 20.3. The third kappa shape index (κ3) is 5.34. The quantitative estimate of drug-likeness (QED) is 0.330. The number of carbonyl (C=O) groups is 1. The van der Waals surface area contributed by atoms with Crippen molar-refractivity contribution < 1.29 is 9.53 Å². The molecule has 0 spiro atoms. The second-order valence-corrected chi connectivity index (χ2v) is 8.50. The van der Waals surface area contributed by atoms with Crippen molar-refractivity contribution >= 4 is 11.6 Å². The number of ether oxygens (including phenoxy) is 1. The van der Waals surface area contributed by atoms with Crippen molar-refractivity contribution in [3.8, 4) is 11.8 Å². The van der Waals surface area contributed by atoms with Crippen LogP contribution >= 0.6 is 0 Å². The number of hydrogen-bond acceptors (Lipinski definition) is 9. The van der Waals surface area contributed by atoms with E-state index in [4.69, 9.17) is 4.74 Å². The first kappa shape index (κ1) is 24.8. The minimum Gasteiger partial charge on any atom is -0.493 e. The zero-order chi connectivity index (χ0) is 25.7. The summed E-state index contributed by atoms with van der Waals surface area (Å²) in [5, 5.41) is 9.23. The lowest BCUT2D eigenvalue weighted by Gasteiger charge is -2.36. The third-order valence-corrected chi connectivity index (χ3v) is 6.20. The molecule has 1 aliphatic rings. The molecule has 1 saturated heterocycles. The fourth-order valence-corrected chi connectivity index (χ4v) is 4.14. The number of ketones is 1. The summed E-state index contributed by atoms with van der Waals surface area (Å²) >= 11 is 0. The highest BCUT2D eigenvalue weighted by Gasteiger charge is 2.21. The van der Waals surface area contributed by atoms with Crippen LogP contribution < -0.4 is 20.9 Å². The summed E-state index contributed by atoms with van der Waals surface area (Å²) in [5.41, 5.74) is -0.0366. The normalized spacial score (nSPS) is 13.9. The molecule has 1 fully saturated rings. The van der Waals surface area contributed by atoms with E-state index in [9.17, 15) is 19.6 Å². The molecule has 1 aliphatic heterocycles. The molecule has 0 radical (unpaired) electrons. The van der Waals surface area contributed by atoms with Gasteiger partial charge in [-0.2, -0.15) is 5.26 Å². The molecule has 36 heavy (non-hydrogen) atoms. The van der Waals surface area contributed by atoms with Crippen LogP contribution in [0.1, 0.15) is 28.2 Å². The molecule has 0 aliphatic carbocycles. The van der Waals surface area contributed by atoms with E-state index in [1.54, 1.807) is 25.2 Å². The van der Waals surface area contributed by atoms with Gasteiger partial charge in [0.25, 0.3) is 5.56 Å². The van der Waals surface area contributed by atoms with Crippen molar-refractivity contribution in [2.75, 3.05) is 44.2 Å². The molecular weight excluding hydrogens is 462 g/mol. The Hall–Kier alpha value is -4.30. The molecule has 0 saturated carbocycles. The molecule has 11 nitrogen and oxygen atoms in total. The van der Waals surface area contributed by atoms with Gasteiger partial charge in [0.1, 0.15) is 11.6 Å². The van der Waals surface area contributed by atoms with Crippen LogP contribution in [-0.2, 0) is 14.1 Å². The Balaban J connectivity index is 1.32. The standard InChI is InChI=1S/C25H27N7O4/c1-29-21(16-22(33)30(2)25(29)35)32-12-10-31(11-13-32)9-4-14-36-20-6-5-18(17-26)15-19(20)23(34)24-27-7-3-8-28-24/h3,5-8,15-16H,4,9-14H2,1-2H3. The van der Waals surface area contributed by atoms with Crippen LogP contribution in [0.4, 0.5) is 5.82 Å². The van der Waals surface area contributed by atoms with E-state index in [2.05, 4.69) is 19.8 Å². The largest absolute Gasteiger partial charge is 0.493 e. The van der Waals surface area contributed by atoms with E-state index in [0.717, 1.165) is 30.6 Å². The molecular formula is C25H27N7O4. The molecule has 186 valence electrons. The second-order valence-electron chi connectivity index (χ2n) is 8.50. The van der Waals surface area contributed by atoms with E-state index in [-0.39, 0.29) is 22.6 Å². The lowest BCUT2D eigenvalue weighted by molar-refractivity contribution is 0.102.